The van der Waals surface area contributed by atoms with E-state index in [1.165, 1.54) is 0 Å². The summed E-state index contributed by atoms with van der Waals surface area (Å²) < 4.78 is 11.3. The predicted molar refractivity (Wildman–Crippen MR) is 107 cm³/mol. The number of nitrogens with zero attached hydrogens (tertiary/aromatic N) is 1. The highest BCUT2D eigenvalue weighted by molar-refractivity contribution is 5.97. The van der Waals surface area contributed by atoms with Crippen LogP contribution in [0.2, 0.25) is 0 Å². The average molecular weight is 368 g/mol. The van der Waals surface area contributed by atoms with Crippen LogP contribution in [0.1, 0.15) is 34.3 Å². The van der Waals surface area contributed by atoms with Crippen molar-refractivity contribution in [3.8, 4) is 11.5 Å². The molecule has 144 valence electrons. The van der Waals surface area contributed by atoms with Crippen LogP contribution < -0.4 is 14.8 Å². The molecule has 1 aliphatic carbocycles. The first-order valence-corrected chi connectivity index (χ1v) is 9.29. The molecule has 1 fully saturated rings. The molecule has 27 heavy (non-hydrogen) atoms. The monoisotopic (exact) mass is 368 g/mol. The largest absolute Gasteiger partial charge is 0.496 e. The van der Waals surface area contributed by atoms with Gasteiger partial charge in [0.05, 0.1) is 12.6 Å². The molecule has 5 heteroatoms. The molecule has 1 amide bonds. The highest BCUT2D eigenvalue weighted by Gasteiger charge is 2.47. The fraction of sp³-hybridized carbons (Fsp3) is 0.409. The lowest BCUT2D eigenvalue weighted by Crippen LogP contribution is -2.35. The molecule has 3 rings (SSSR count). The number of methoxy groups -OCH3 is 1. The number of hydrogen-bond acceptors (Lipinski definition) is 4. The Hall–Kier alpha value is -2.53. The molecule has 0 radical (unpaired) electrons. The minimum absolute atomic E-state index is 0.0750. The summed E-state index contributed by atoms with van der Waals surface area (Å²) in [5, 5.41) is 3.23. The molecular weight excluding hydrogens is 340 g/mol. The van der Waals surface area contributed by atoms with Crippen molar-refractivity contribution < 1.29 is 14.3 Å². The number of hydrogen-bond donors (Lipinski definition) is 1. The second-order valence-electron chi connectivity index (χ2n) is 7.36. The second-order valence-corrected chi connectivity index (χ2v) is 7.36. The second kappa shape index (κ2) is 8.01. The van der Waals surface area contributed by atoms with Crippen LogP contribution >= 0.6 is 0 Å². The average Bonchev–Trinajstić information content (AvgIpc) is 3.43. The molecule has 0 unspecified atom stereocenters. The summed E-state index contributed by atoms with van der Waals surface area (Å²) in [7, 11) is 5.67. The smallest absolute Gasteiger partial charge is 0.252 e. The third kappa shape index (κ3) is 4.42. The molecule has 5 nitrogen and oxygen atoms in total. The van der Waals surface area contributed by atoms with Crippen LogP contribution in [-0.4, -0.2) is 45.2 Å². The molecule has 1 saturated carbocycles. The van der Waals surface area contributed by atoms with Crippen LogP contribution in [0.25, 0.3) is 0 Å². The molecule has 1 N–H and O–H groups in total. The van der Waals surface area contributed by atoms with Crippen LogP contribution in [0.5, 0.6) is 11.5 Å². The van der Waals surface area contributed by atoms with Crippen molar-refractivity contribution in [1.82, 2.24) is 10.2 Å². The minimum Gasteiger partial charge on any atom is -0.496 e. The SMILES string of the molecule is COc1ccccc1C1(NC(=O)c2cc(OCCN(C)C)ccc2C)CC1. The van der Waals surface area contributed by atoms with Gasteiger partial charge in [-0.15, -0.1) is 0 Å². The maximum Gasteiger partial charge on any atom is 0.252 e. The normalized spacial score (nSPS) is 14.7. The number of ether oxygens (including phenoxy) is 2. The van der Waals surface area contributed by atoms with Gasteiger partial charge >= 0.3 is 0 Å². The molecule has 0 heterocycles. The number of para-hydroxylation sites is 1. The topological polar surface area (TPSA) is 50.8 Å². The van der Waals surface area contributed by atoms with E-state index < -0.39 is 0 Å². The highest BCUT2D eigenvalue weighted by Crippen LogP contribution is 2.49. The molecular formula is C22H28N2O3. The van der Waals surface area contributed by atoms with Crippen LogP contribution in [-0.2, 0) is 5.54 Å². The van der Waals surface area contributed by atoms with Gasteiger partial charge in [0.2, 0.25) is 0 Å². The quantitative estimate of drug-likeness (QED) is 0.776. The Kier molecular flexibility index (Phi) is 5.71. The van der Waals surface area contributed by atoms with Crippen molar-refractivity contribution in [3.63, 3.8) is 0 Å². The lowest BCUT2D eigenvalue weighted by Gasteiger charge is -2.21. The summed E-state index contributed by atoms with van der Waals surface area (Å²) >= 11 is 0. The fourth-order valence-corrected chi connectivity index (χ4v) is 3.19. The number of aryl methyl sites for hydroxylation is 1. The molecule has 0 saturated heterocycles. The van der Waals surface area contributed by atoms with Gasteiger partial charge in [0, 0.05) is 17.7 Å². The molecule has 0 bridgehead atoms. The van der Waals surface area contributed by atoms with E-state index in [1.54, 1.807) is 7.11 Å². The van der Waals surface area contributed by atoms with Crippen molar-refractivity contribution in [1.29, 1.82) is 0 Å². The van der Waals surface area contributed by atoms with Crippen molar-refractivity contribution in [3.05, 3.63) is 59.2 Å². The Morgan fingerprint density at radius 1 is 1.19 bits per heavy atom. The van der Waals surface area contributed by atoms with E-state index in [9.17, 15) is 4.79 Å². The summed E-state index contributed by atoms with van der Waals surface area (Å²) in [4.78, 5) is 15.1. The van der Waals surface area contributed by atoms with E-state index in [-0.39, 0.29) is 11.4 Å². The number of nitrogens with one attached hydrogen (secondary N) is 1. The number of likely N-dealkylation sites (N-methyl/N-ethyl adjacent to an activating group) is 1. The Morgan fingerprint density at radius 3 is 2.59 bits per heavy atom. The van der Waals surface area contributed by atoms with Crippen LogP contribution in [0.4, 0.5) is 0 Å². The minimum atomic E-state index is -0.335. The molecule has 0 spiro atoms. The zero-order valence-electron chi connectivity index (χ0n) is 16.5. The standard InChI is InChI=1S/C22H28N2O3/c1-16-9-10-17(27-14-13-24(2)3)15-18(16)21(25)23-22(11-12-22)19-7-5-6-8-20(19)26-4/h5-10,15H,11-14H2,1-4H3,(H,23,25). The van der Waals surface area contributed by atoms with Crippen molar-refractivity contribution in [2.24, 2.45) is 0 Å². The van der Waals surface area contributed by atoms with Gasteiger partial charge in [0.1, 0.15) is 18.1 Å². The maximum atomic E-state index is 13.0. The summed E-state index contributed by atoms with van der Waals surface area (Å²) in [6.45, 7) is 3.36. The van der Waals surface area contributed by atoms with E-state index in [1.807, 2.05) is 63.5 Å². The maximum absolute atomic E-state index is 13.0. The Balaban J connectivity index is 1.76. The summed E-state index contributed by atoms with van der Waals surface area (Å²) in [5.41, 5.74) is 2.29. The van der Waals surface area contributed by atoms with Gasteiger partial charge in [-0.1, -0.05) is 24.3 Å². The van der Waals surface area contributed by atoms with Gasteiger partial charge in [-0.2, -0.15) is 0 Å². The summed E-state index contributed by atoms with van der Waals surface area (Å²) in [6, 6.07) is 13.6. The van der Waals surface area contributed by atoms with E-state index in [4.69, 9.17) is 9.47 Å². The number of benzene rings is 2. The first-order valence-electron chi connectivity index (χ1n) is 9.29. The van der Waals surface area contributed by atoms with Gasteiger partial charge in [-0.25, -0.2) is 0 Å². The first-order chi connectivity index (χ1) is 12.9. The van der Waals surface area contributed by atoms with Gasteiger partial charge in [0.15, 0.2) is 0 Å². The van der Waals surface area contributed by atoms with E-state index in [0.717, 1.165) is 42.0 Å². The summed E-state index contributed by atoms with van der Waals surface area (Å²) in [5.74, 6) is 1.46. The molecule has 0 atom stereocenters. The zero-order chi connectivity index (χ0) is 19.4. The molecule has 0 aromatic heterocycles. The molecule has 2 aromatic carbocycles. The zero-order valence-corrected chi connectivity index (χ0v) is 16.5. The number of carbonyl (C=O) groups is 1. The van der Waals surface area contributed by atoms with Crippen molar-refractivity contribution in [2.75, 3.05) is 34.4 Å². The third-order valence-corrected chi connectivity index (χ3v) is 4.99. The van der Waals surface area contributed by atoms with Crippen LogP contribution in [0.3, 0.4) is 0 Å². The van der Waals surface area contributed by atoms with Gasteiger partial charge in [0.25, 0.3) is 5.91 Å². The highest BCUT2D eigenvalue weighted by atomic mass is 16.5. The van der Waals surface area contributed by atoms with Gasteiger partial charge in [-0.05, 0) is 57.6 Å². The first kappa shape index (κ1) is 19.2. The summed E-state index contributed by atoms with van der Waals surface area (Å²) in [6.07, 6.45) is 1.83. The Morgan fingerprint density at radius 2 is 1.93 bits per heavy atom. The lowest BCUT2D eigenvalue weighted by atomic mass is 10.0. The van der Waals surface area contributed by atoms with E-state index in [2.05, 4.69) is 10.2 Å². The number of amides is 1. The fourth-order valence-electron chi connectivity index (χ4n) is 3.19. The Labute approximate surface area is 161 Å². The third-order valence-electron chi connectivity index (χ3n) is 4.99. The number of carbonyl (C=O) groups excluding carboxylic acids is 1. The van der Waals surface area contributed by atoms with Crippen molar-refractivity contribution in [2.45, 2.75) is 25.3 Å². The van der Waals surface area contributed by atoms with Crippen LogP contribution in [0.15, 0.2) is 42.5 Å². The molecule has 2 aromatic rings. The lowest BCUT2D eigenvalue weighted by molar-refractivity contribution is 0.0929. The van der Waals surface area contributed by atoms with E-state index >= 15 is 0 Å². The van der Waals surface area contributed by atoms with Gasteiger partial charge < -0.3 is 19.7 Å². The van der Waals surface area contributed by atoms with Crippen molar-refractivity contribution >= 4 is 5.91 Å². The van der Waals surface area contributed by atoms with Gasteiger partial charge in [-0.3, -0.25) is 4.79 Å². The molecule has 1 aliphatic rings. The predicted octanol–water partition coefficient (Wildman–Crippen LogP) is 3.36. The Bertz CT molecular complexity index is 813. The molecule has 0 aliphatic heterocycles. The number of rotatable bonds is 8. The van der Waals surface area contributed by atoms with E-state index in [0.29, 0.717) is 12.2 Å². The van der Waals surface area contributed by atoms with Crippen LogP contribution in [0, 0.1) is 6.92 Å².